The second-order valence-corrected chi connectivity index (χ2v) is 5.13. The SMILES string of the molecule is CC1CCN(C(=O)NCc2cn(CC(=O)O)nn2)CC1. The summed E-state index contributed by atoms with van der Waals surface area (Å²) in [5.74, 6) is -0.303. The molecule has 0 saturated carbocycles. The highest BCUT2D eigenvalue weighted by Gasteiger charge is 2.20. The molecule has 2 heterocycles. The van der Waals surface area contributed by atoms with Gasteiger partial charge in [-0.15, -0.1) is 5.10 Å². The van der Waals surface area contributed by atoms with Crippen molar-refractivity contribution < 1.29 is 14.7 Å². The monoisotopic (exact) mass is 281 g/mol. The summed E-state index contributed by atoms with van der Waals surface area (Å²) in [5, 5.41) is 18.9. The summed E-state index contributed by atoms with van der Waals surface area (Å²) in [4.78, 5) is 24.2. The van der Waals surface area contributed by atoms with E-state index in [2.05, 4.69) is 22.6 Å². The molecule has 0 radical (unpaired) electrons. The minimum atomic E-state index is -0.979. The first-order valence-electron chi connectivity index (χ1n) is 6.68. The minimum Gasteiger partial charge on any atom is -0.480 e. The molecule has 0 spiro atoms. The Morgan fingerprint density at radius 1 is 1.45 bits per heavy atom. The number of carbonyl (C=O) groups excluding carboxylic acids is 1. The van der Waals surface area contributed by atoms with Crippen LogP contribution in [-0.2, 0) is 17.9 Å². The van der Waals surface area contributed by atoms with Gasteiger partial charge in [-0.2, -0.15) is 0 Å². The highest BCUT2D eigenvalue weighted by Crippen LogP contribution is 2.15. The number of piperidine rings is 1. The number of hydrogen-bond donors (Lipinski definition) is 2. The molecule has 1 saturated heterocycles. The van der Waals surface area contributed by atoms with Crippen LogP contribution < -0.4 is 5.32 Å². The number of amides is 2. The zero-order valence-corrected chi connectivity index (χ0v) is 11.4. The molecule has 8 nitrogen and oxygen atoms in total. The molecule has 0 aromatic carbocycles. The van der Waals surface area contributed by atoms with E-state index < -0.39 is 5.97 Å². The first-order chi connectivity index (χ1) is 9.54. The van der Waals surface area contributed by atoms with Crippen LogP contribution in [0.25, 0.3) is 0 Å². The number of rotatable bonds is 4. The molecule has 0 aliphatic carbocycles. The molecule has 20 heavy (non-hydrogen) atoms. The average molecular weight is 281 g/mol. The van der Waals surface area contributed by atoms with Crippen LogP contribution in [0.2, 0.25) is 0 Å². The van der Waals surface area contributed by atoms with Crippen molar-refractivity contribution in [2.75, 3.05) is 13.1 Å². The lowest BCUT2D eigenvalue weighted by molar-refractivity contribution is -0.137. The third-order valence-corrected chi connectivity index (χ3v) is 3.37. The van der Waals surface area contributed by atoms with Crippen LogP contribution in [-0.4, -0.2) is 50.1 Å². The normalized spacial score (nSPS) is 16.1. The van der Waals surface area contributed by atoms with Crippen LogP contribution >= 0.6 is 0 Å². The van der Waals surface area contributed by atoms with E-state index in [0.717, 1.165) is 25.9 Å². The van der Waals surface area contributed by atoms with Crippen LogP contribution in [0.3, 0.4) is 0 Å². The van der Waals surface area contributed by atoms with Gasteiger partial charge in [0, 0.05) is 13.1 Å². The van der Waals surface area contributed by atoms with E-state index in [4.69, 9.17) is 5.11 Å². The summed E-state index contributed by atoms with van der Waals surface area (Å²) >= 11 is 0. The summed E-state index contributed by atoms with van der Waals surface area (Å²) in [5.41, 5.74) is 0.546. The molecule has 2 N–H and O–H groups in total. The maximum atomic E-state index is 11.9. The second kappa shape index (κ2) is 6.36. The van der Waals surface area contributed by atoms with Gasteiger partial charge in [0.25, 0.3) is 0 Å². The van der Waals surface area contributed by atoms with Crippen molar-refractivity contribution in [1.82, 2.24) is 25.2 Å². The Balaban J connectivity index is 1.78. The summed E-state index contributed by atoms with van der Waals surface area (Å²) in [6.45, 7) is 3.77. The van der Waals surface area contributed by atoms with E-state index in [-0.39, 0.29) is 19.1 Å². The van der Waals surface area contributed by atoms with Gasteiger partial charge in [0.15, 0.2) is 0 Å². The molecule has 110 valence electrons. The Morgan fingerprint density at radius 2 is 2.15 bits per heavy atom. The maximum Gasteiger partial charge on any atom is 0.325 e. The molecule has 1 aliphatic rings. The van der Waals surface area contributed by atoms with Gasteiger partial charge >= 0.3 is 12.0 Å². The highest BCUT2D eigenvalue weighted by atomic mass is 16.4. The lowest BCUT2D eigenvalue weighted by Crippen LogP contribution is -2.43. The van der Waals surface area contributed by atoms with Crippen molar-refractivity contribution in [2.45, 2.75) is 32.9 Å². The van der Waals surface area contributed by atoms with E-state index in [0.29, 0.717) is 11.6 Å². The summed E-state index contributed by atoms with van der Waals surface area (Å²) in [6, 6.07) is -0.107. The van der Waals surface area contributed by atoms with Crippen molar-refractivity contribution in [2.24, 2.45) is 5.92 Å². The van der Waals surface area contributed by atoms with Crippen LogP contribution in [0.4, 0.5) is 4.79 Å². The molecule has 1 aromatic heterocycles. The smallest absolute Gasteiger partial charge is 0.325 e. The van der Waals surface area contributed by atoms with Gasteiger partial charge < -0.3 is 15.3 Å². The number of nitrogens with one attached hydrogen (secondary N) is 1. The molecular formula is C12H19N5O3. The number of aromatic nitrogens is 3. The molecular weight excluding hydrogens is 262 g/mol. The van der Waals surface area contributed by atoms with Crippen molar-refractivity contribution in [3.8, 4) is 0 Å². The molecule has 2 rings (SSSR count). The van der Waals surface area contributed by atoms with Gasteiger partial charge in [0.05, 0.1) is 12.7 Å². The molecule has 0 unspecified atom stereocenters. The Morgan fingerprint density at radius 3 is 2.80 bits per heavy atom. The Kier molecular flexibility index (Phi) is 4.54. The van der Waals surface area contributed by atoms with E-state index in [1.165, 1.54) is 10.9 Å². The second-order valence-electron chi connectivity index (χ2n) is 5.13. The molecule has 1 fully saturated rings. The van der Waals surface area contributed by atoms with E-state index in [1.54, 1.807) is 4.90 Å². The van der Waals surface area contributed by atoms with Gasteiger partial charge in [-0.05, 0) is 18.8 Å². The fourth-order valence-electron chi connectivity index (χ4n) is 2.13. The first-order valence-corrected chi connectivity index (χ1v) is 6.68. The minimum absolute atomic E-state index is 0.107. The van der Waals surface area contributed by atoms with Gasteiger partial charge in [-0.3, -0.25) is 4.79 Å². The molecule has 2 amide bonds. The van der Waals surface area contributed by atoms with Gasteiger partial charge in [0.1, 0.15) is 12.2 Å². The molecule has 0 atom stereocenters. The van der Waals surface area contributed by atoms with E-state index >= 15 is 0 Å². The first kappa shape index (κ1) is 14.3. The van der Waals surface area contributed by atoms with Crippen LogP contribution in [0, 0.1) is 5.92 Å². The fourth-order valence-corrected chi connectivity index (χ4v) is 2.13. The standard InChI is InChI=1S/C12H19N5O3/c1-9-2-4-16(5-3-9)12(20)13-6-10-7-17(15-14-10)8-11(18)19/h7,9H,2-6,8H2,1H3,(H,13,20)(H,18,19). The number of aliphatic carboxylic acids is 1. The predicted octanol–water partition coefficient (Wildman–Crippen LogP) is 0.304. The third kappa shape index (κ3) is 3.94. The zero-order chi connectivity index (χ0) is 14.5. The van der Waals surface area contributed by atoms with Gasteiger partial charge in [0.2, 0.25) is 0 Å². The van der Waals surface area contributed by atoms with Crippen LogP contribution in [0.5, 0.6) is 0 Å². The van der Waals surface area contributed by atoms with Crippen molar-refractivity contribution in [3.63, 3.8) is 0 Å². The van der Waals surface area contributed by atoms with Crippen LogP contribution in [0.1, 0.15) is 25.5 Å². The lowest BCUT2D eigenvalue weighted by atomic mass is 10.00. The number of urea groups is 1. The molecule has 1 aliphatic heterocycles. The lowest BCUT2D eigenvalue weighted by Gasteiger charge is -2.30. The van der Waals surface area contributed by atoms with Crippen molar-refractivity contribution >= 4 is 12.0 Å². The van der Waals surface area contributed by atoms with Gasteiger partial charge in [-0.25, -0.2) is 9.48 Å². The Labute approximate surface area is 116 Å². The van der Waals surface area contributed by atoms with Crippen molar-refractivity contribution in [3.05, 3.63) is 11.9 Å². The number of carboxylic acid groups (broad SMARTS) is 1. The number of carbonyl (C=O) groups is 2. The largest absolute Gasteiger partial charge is 0.480 e. The topological polar surface area (TPSA) is 100 Å². The average Bonchev–Trinajstić information content (AvgIpc) is 2.83. The van der Waals surface area contributed by atoms with Gasteiger partial charge in [-0.1, -0.05) is 12.1 Å². The number of hydrogen-bond acceptors (Lipinski definition) is 4. The van der Waals surface area contributed by atoms with Crippen LogP contribution in [0.15, 0.2) is 6.20 Å². The van der Waals surface area contributed by atoms with E-state index in [9.17, 15) is 9.59 Å². The zero-order valence-electron chi connectivity index (χ0n) is 11.4. The highest BCUT2D eigenvalue weighted by molar-refractivity contribution is 5.74. The summed E-state index contributed by atoms with van der Waals surface area (Å²) < 4.78 is 1.23. The molecule has 8 heteroatoms. The predicted molar refractivity (Wildman–Crippen MR) is 69.9 cm³/mol. The van der Waals surface area contributed by atoms with Crippen molar-refractivity contribution in [1.29, 1.82) is 0 Å². The Hall–Kier alpha value is -2.12. The summed E-state index contributed by atoms with van der Waals surface area (Å²) in [6.07, 6.45) is 3.58. The van der Waals surface area contributed by atoms with E-state index in [1.807, 2.05) is 0 Å². The number of likely N-dealkylation sites (tertiary alicyclic amines) is 1. The fraction of sp³-hybridized carbons (Fsp3) is 0.667. The molecule has 0 bridgehead atoms. The molecule has 1 aromatic rings. The third-order valence-electron chi connectivity index (χ3n) is 3.37. The maximum absolute atomic E-state index is 11.9. The number of nitrogens with zero attached hydrogens (tertiary/aromatic N) is 4. The Bertz CT molecular complexity index is 479. The summed E-state index contributed by atoms with van der Waals surface area (Å²) in [7, 11) is 0. The number of carboxylic acids is 1. The quantitative estimate of drug-likeness (QED) is 0.827.